The third kappa shape index (κ3) is 5.54. The molecule has 0 aliphatic heterocycles. The minimum Gasteiger partial charge on any atom is -0.448 e. The normalized spacial score (nSPS) is 12.2. The lowest BCUT2D eigenvalue weighted by atomic mass is 10.00. The number of carbonyl (C=O) groups excluding carboxylic acids is 2. The van der Waals surface area contributed by atoms with E-state index in [0.29, 0.717) is 16.1 Å². The summed E-state index contributed by atoms with van der Waals surface area (Å²) in [5.41, 5.74) is 0.780. The van der Waals surface area contributed by atoms with Crippen molar-refractivity contribution in [1.82, 2.24) is 4.72 Å². The van der Waals surface area contributed by atoms with Gasteiger partial charge in [-0.3, -0.25) is 9.59 Å². The van der Waals surface area contributed by atoms with Gasteiger partial charge in [-0.05, 0) is 24.3 Å². The molecule has 0 saturated carbocycles. The van der Waals surface area contributed by atoms with Crippen LogP contribution in [0, 0.1) is 0 Å². The number of carbonyl (C=O) groups is 2. The Balaban J connectivity index is 1.76. The summed E-state index contributed by atoms with van der Waals surface area (Å²) in [6, 6.07) is 22.3. The highest BCUT2D eigenvalue weighted by molar-refractivity contribution is 7.89. The van der Waals surface area contributed by atoms with Crippen LogP contribution in [0.2, 0.25) is 5.02 Å². The van der Waals surface area contributed by atoms with E-state index in [4.69, 9.17) is 16.3 Å². The summed E-state index contributed by atoms with van der Waals surface area (Å²) in [6.07, 6.45) is -1.24. The number of halogens is 1. The van der Waals surface area contributed by atoms with Crippen LogP contribution in [0.4, 0.5) is 0 Å². The molecule has 3 aromatic carbocycles. The number of benzene rings is 3. The summed E-state index contributed by atoms with van der Waals surface area (Å²) < 4.78 is 32.1. The highest BCUT2D eigenvalue weighted by atomic mass is 35.5. The minimum atomic E-state index is -3.89. The van der Waals surface area contributed by atoms with Crippen LogP contribution in [0.25, 0.3) is 0 Å². The average Bonchev–Trinajstić information content (AvgIpc) is 2.77. The first kappa shape index (κ1) is 21.7. The van der Waals surface area contributed by atoms with Crippen LogP contribution >= 0.6 is 11.6 Å². The van der Waals surface area contributed by atoms with E-state index in [2.05, 4.69) is 4.72 Å². The zero-order valence-electron chi connectivity index (χ0n) is 15.7. The SMILES string of the molecule is O=C(CNS(=O)(=O)c1ccccc1)O[C@H](C(=O)c1ccccc1)c1ccc(Cl)cc1. The highest BCUT2D eigenvalue weighted by Gasteiger charge is 2.27. The molecule has 0 aromatic heterocycles. The van der Waals surface area contributed by atoms with Crippen molar-refractivity contribution in [2.75, 3.05) is 6.54 Å². The van der Waals surface area contributed by atoms with Crippen LogP contribution in [-0.2, 0) is 19.6 Å². The number of ketones is 1. The maximum atomic E-state index is 12.9. The number of nitrogens with one attached hydrogen (secondary N) is 1. The Morgan fingerprint density at radius 3 is 2.03 bits per heavy atom. The predicted molar refractivity (Wildman–Crippen MR) is 113 cm³/mol. The van der Waals surface area contributed by atoms with Gasteiger partial charge in [0.05, 0.1) is 4.90 Å². The number of Topliss-reactive ketones (excluding diaryl/α,β-unsaturated/α-hetero) is 1. The molecular formula is C22H18ClNO5S. The van der Waals surface area contributed by atoms with Gasteiger partial charge in [0.1, 0.15) is 6.54 Å². The molecule has 30 heavy (non-hydrogen) atoms. The second kappa shape index (κ2) is 9.67. The summed E-state index contributed by atoms with van der Waals surface area (Å²) in [4.78, 5) is 25.3. The molecule has 3 aromatic rings. The fourth-order valence-electron chi connectivity index (χ4n) is 2.67. The Bertz CT molecular complexity index is 1120. The van der Waals surface area contributed by atoms with Crippen molar-refractivity contribution in [1.29, 1.82) is 0 Å². The van der Waals surface area contributed by atoms with Gasteiger partial charge in [-0.15, -0.1) is 0 Å². The summed E-state index contributed by atoms with van der Waals surface area (Å²) >= 11 is 5.91. The van der Waals surface area contributed by atoms with E-state index < -0.39 is 34.4 Å². The van der Waals surface area contributed by atoms with Crippen LogP contribution in [0.5, 0.6) is 0 Å². The molecule has 0 radical (unpaired) electrons. The Morgan fingerprint density at radius 1 is 0.867 bits per heavy atom. The number of hydrogen-bond donors (Lipinski definition) is 1. The van der Waals surface area contributed by atoms with Gasteiger partial charge >= 0.3 is 5.97 Å². The third-order valence-corrected chi connectivity index (χ3v) is 5.85. The first-order valence-corrected chi connectivity index (χ1v) is 10.8. The lowest BCUT2D eigenvalue weighted by Crippen LogP contribution is -2.32. The molecule has 3 rings (SSSR count). The van der Waals surface area contributed by atoms with Gasteiger partial charge in [-0.1, -0.05) is 72.3 Å². The van der Waals surface area contributed by atoms with Crippen molar-refractivity contribution in [3.63, 3.8) is 0 Å². The molecule has 0 aliphatic rings. The zero-order chi connectivity index (χ0) is 21.6. The zero-order valence-corrected chi connectivity index (χ0v) is 17.3. The fraction of sp³-hybridized carbons (Fsp3) is 0.0909. The van der Waals surface area contributed by atoms with Gasteiger partial charge < -0.3 is 4.74 Å². The van der Waals surface area contributed by atoms with Gasteiger partial charge in [0, 0.05) is 16.1 Å². The second-order valence-electron chi connectivity index (χ2n) is 6.29. The fourth-order valence-corrected chi connectivity index (χ4v) is 3.79. The molecule has 0 aliphatic carbocycles. The topological polar surface area (TPSA) is 89.5 Å². The molecule has 6 nitrogen and oxygen atoms in total. The smallest absolute Gasteiger partial charge is 0.322 e. The highest BCUT2D eigenvalue weighted by Crippen LogP contribution is 2.24. The molecule has 0 fully saturated rings. The Hall–Kier alpha value is -3.00. The average molecular weight is 444 g/mol. The van der Waals surface area contributed by atoms with E-state index in [-0.39, 0.29) is 4.90 Å². The molecule has 0 amide bonds. The number of rotatable bonds is 8. The van der Waals surface area contributed by atoms with Gasteiger partial charge in [0.2, 0.25) is 15.8 Å². The van der Waals surface area contributed by atoms with Crippen molar-refractivity contribution in [2.45, 2.75) is 11.0 Å². The number of ether oxygens (including phenoxy) is 1. The van der Waals surface area contributed by atoms with Gasteiger partial charge in [0.15, 0.2) is 6.10 Å². The van der Waals surface area contributed by atoms with E-state index in [9.17, 15) is 18.0 Å². The lowest BCUT2D eigenvalue weighted by Gasteiger charge is -2.18. The van der Waals surface area contributed by atoms with Crippen molar-refractivity contribution in [3.05, 3.63) is 101 Å². The molecule has 0 spiro atoms. The van der Waals surface area contributed by atoms with E-state index in [1.165, 1.54) is 12.1 Å². The van der Waals surface area contributed by atoms with Crippen molar-refractivity contribution in [2.24, 2.45) is 0 Å². The van der Waals surface area contributed by atoms with Crippen LogP contribution in [-0.4, -0.2) is 26.7 Å². The van der Waals surface area contributed by atoms with E-state index >= 15 is 0 Å². The molecule has 0 unspecified atom stereocenters. The Labute approximate surface area is 179 Å². The molecule has 1 N–H and O–H groups in total. The summed E-state index contributed by atoms with van der Waals surface area (Å²) in [6.45, 7) is -0.622. The van der Waals surface area contributed by atoms with Crippen LogP contribution in [0.15, 0.2) is 89.8 Å². The van der Waals surface area contributed by atoms with Crippen LogP contribution < -0.4 is 4.72 Å². The predicted octanol–water partition coefficient (Wildman–Crippen LogP) is 3.79. The standard InChI is InChI=1S/C22H18ClNO5S/c23-18-13-11-17(12-14-18)22(21(26)16-7-3-1-4-8-16)29-20(25)15-24-30(27,28)19-9-5-2-6-10-19/h1-14,22,24H,15H2/t22-/m0/s1. The third-order valence-electron chi connectivity index (χ3n) is 4.18. The largest absolute Gasteiger partial charge is 0.448 e. The van der Waals surface area contributed by atoms with Crippen molar-refractivity contribution < 1.29 is 22.7 Å². The molecule has 1 atom stereocenters. The molecular weight excluding hydrogens is 426 g/mol. The van der Waals surface area contributed by atoms with Gasteiger partial charge in [-0.2, -0.15) is 4.72 Å². The first-order valence-electron chi connectivity index (χ1n) is 8.96. The number of hydrogen-bond acceptors (Lipinski definition) is 5. The quantitative estimate of drug-likeness (QED) is 0.422. The van der Waals surface area contributed by atoms with Crippen molar-refractivity contribution >= 4 is 33.4 Å². The molecule has 8 heteroatoms. The van der Waals surface area contributed by atoms with E-state index in [1.54, 1.807) is 72.8 Å². The van der Waals surface area contributed by atoms with E-state index in [1.807, 2.05) is 0 Å². The summed E-state index contributed by atoms with van der Waals surface area (Å²) in [5.74, 6) is -1.32. The van der Waals surface area contributed by atoms with Crippen LogP contribution in [0.3, 0.4) is 0 Å². The minimum absolute atomic E-state index is 0.0208. The molecule has 0 heterocycles. The van der Waals surface area contributed by atoms with Gasteiger partial charge in [0.25, 0.3) is 0 Å². The summed E-state index contributed by atoms with van der Waals surface area (Å²) in [5, 5.41) is 0.464. The number of sulfonamides is 1. The van der Waals surface area contributed by atoms with Crippen LogP contribution in [0.1, 0.15) is 22.0 Å². The lowest BCUT2D eigenvalue weighted by molar-refractivity contribution is -0.145. The van der Waals surface area contributed by atoms with Crippen molar-refractivity contribution in [3.8, 4) is 0 Å². The molecule has 154 valence electrons. The first-order chi connectivity index (χ1) is 14.4. The van der Waals surface area contributed by atoms with E-state index in [0.717, 1.165) is 0 Å². The maximum absolute atomic E-state index is 12.9. The maximum Gasteiger partial charge on any atom is 0.322 e. The number of esters is 1. The monoisotopic (exact) mass is 443 g/mol. The Morgan fingerprint density at radius 2 is 1.43 bits per heavy atom. The van der Waals surface area contributed by atoms with Gasteiger partial charge in [-0.25, -0.2) is 8.42 Å². The second-order valence-corrected chi connectivity index (χ2v) is 8.49. The molecule has 0 bridgehead atoms. The Kier molecular flexibility index (Phi) is 6.99. The molecule has 0 saturated heterocycles. The summed E-state index contributed by atoms with van der Waals surface area (Å²) in [7, 11) is -3.89.